The van der Waals surface area contributed by atoms with Gasteiger partial charge in [-0.15, -0.1) is 0 Å². The van der Waals surface area contributed by atoms with E-state index in [0.29, 0.717) is 11.6 Å². The van der Waals surface area contributed by atoms with E-state index in [2.05, 4.69) is 16.8 Å². The number of hydrogen-bond donors (Lipinski definition) is 1. The molecule has 0 spiro atoms. The largest absolute Gasteiger partial charge is 0.492 e. The lowest BCUT2D eigenvalue weighted by Gasteiger charge is -2.32. The van der Waals surface area contributed by atoms with E-state index in [9.17, 15) is 5.11 Å². The number of aliphatic hydroxyl groups is 1. The molecule has 1 saturated heterocycles. The van der Waals surface area contributed by atoms with Gasteiger partial charge in [0.2, 0.25) is 0 Å². The zero-order valence-electron chi connectivity index (χ0n) is 12.2. The van der Waals surface area contributed by atoms with Crippen molar-refractivity contribution < 1.29 is 9.84 Å². The number of hydrogen-bond acceptors (Lipinski definition) is 4. The summed E-state index contributed by atoms with van der Waals surface area (Å²) in [6.07, 6.45) is -0.577. The number of ether oxygens (including phenoxy) is 1. The molecule has 112 valence electrons. The SMILES string of the molecule is C[C@@H](O)c1cc(Cl)ccc1OCCN1CCN(C)CC1. The topological polar surface area (TPSA) is 35.9 Å². The second kappa shape index (κ2) is 7.27. The number of aliphatic hydroxyl groups excluding tert-OH is 1. The first-order chi connectivity index (χ1) is 9.56. The third-order valence-electron chi connectivity index (χ3n) is 3.68. The molecule has 0 bridgehead atoms. The molecule has 20 heavy (non-hydrogen) atoms. The van der Waals surface area contributed by atoms with Crippen LogP contribution in [0.1, 0.15) is 18.6 Å². The Morgan fingerprint density at radius 3 is 2.65 bits per heavy atom. The van der Waals surface area contributed by atoms with Crippen molar-refractivity contribution in [3.63, 3.8) is 0 Å². The molecule has 5 heteroatoms. The Bertz CT molecular complexity index is 432. The van der Waals surface area contributed by atoms with Crippen molar-refractivity contribution in [2.45, 2.75) is 13.0 Å². The molecule has 1 aliphatic rings. The fourth-order valence-electron chi connectivity index (χ4n) is 2.33. The molecular formula is C15H23ClN2O2. The summed E-state index contributed by atoms with van der Waals surface area (Å²) in [7, 11) is 2.15. The average molecular weight is 299 g/mol. The summed E-state index contributed by atoms with van der Waals surface area (Å²) in [5.41, 5.74) is 0.746. The van der Waals surface area contributed by atoms with E-state index in [1.165, 1.54) is 0 Å². The van der Waals surface area contributed by atoms with Crippen LogP contribution in [0.4, 0.5) is 0 Å². The van der Waals surface area contributed by atoms with Crippen molar-refractivity contribution in [3.8, 4) is 5.75 Å². The van der Waals surface area contributed by atoms with Crippen LogP contribution in [0.2, 0.25) is 5.02 Å². The van der Waals surface area contributed by atoms with Gasteiger partial charge in [-0.2, -0.15) is 0 Å². The van der Waals surface area contributed by atoms with Gasteiger partial charge in [-0.3, -0.25) is 4.90 Å². The van der Waals surface area contributed by atoms with Crippen LogP contribution >= 0.6 is 11.6 Å². The van der Waals surface area contributed by atoms with Crippen molar-refractivity contribution in [2.75, 3.05) is 46.4 Å². The van der Waals surface area contributed by atoms with Crippen LogP contribution in [0.3, 0.4) is 0 Å². The summed E-state index contributed by atoms with van der Waals surface area (Å²) >= 11 is 5.95. The van der Waals surface area contributed by atoms with Gasteiger partial charge in [0, 0.05) is 43.3 Å². The Balaban J connectivity index is 1.85. The monoisotopic (exact) mass is 298 g/mol. The molecule has 0 unspecified atom stereocenters. The Morgan fingerprint density at radius 1 is 1.30 bits per heavy atom. The molecule has 1 N–H and O–H groups in total. The first-order valence-corrected chi connectivity index (χ1v) is 7.45. The number of halogens is 1. The van der Waals surface area contributed by atoms with E-state index in [1.807, 2.05) is 6.07 Å². The Morgan fingerprint density at radius 2 is 2.00 bits per heavy atom. The van der Waals surface area contributed by atoms with Gasteiger partial charge < -0.3 is 14.7 Å². The highest BCUT2D eigenvalue weighted by molar-refractivity contribution is 6.30. The van der Waals surface area contributed by atoms with E-state index in [4.69, 9.17) is 16.3 Å². The number of rotatable bonds is 5. The lowest BCUT2D eigenvalue weighted by Crippen LogP contribution is -2.45. The lowest BCUT2D eigenvalue weighted by atomic mass is 10.1. The molecule has 1 fully saturated rings. The molecule has 0 saturated carbocycles. The third kappa shape index (κ3) is 4.35. The molecular weight excluding hydrogens is 276 g/mol. The fraction of sp³-hybridized carbons (Fsp3) is 0.600. The summed E-state index contributed by atoms with van der Waals surface area (Å²) in [6.45, 7) is 7.66. The molecule has 1 atom stereocenters. The normalized spacial score (nSPS) is 19.0. The summed E-state index contributed by atoms with van der Waals surface area (Å²) in [5, 5.41) is 10.4. The van der Waals surface area contributed by atoms with Crippen LogP contribution in [-0.4, -0.2) is 61.3 Å². The highest BCUT2D eigenvalue weighted by Gasteiger charge is 2.14. The van der Waals surface area contributed by atoms with Gasteiger partial charge in [0.15, 0.2) is 0 Å². The predicted molar refractivity (Wildman–Crippen MR) is 81.5 cm³/mol. The summed E-state index contributed by atoms with van der Waals surface area (Å²) in [4.78, 5) is 4.74. The molecule has 1 aromatic carbocycles. The smallest absolute Gasteiger partial charge is 0.125 e. The number of benzene rings is 1. The van der Waals surface area contributed by atoms with Gasteiger partial charge >= 0.3 is 0 Å². The predicted octanol–water partition coefficient (Wildman–Crippen LogP) is 2.02. The van der Waals surface area contributed by atoms with Crippen molar-refractivity contribution >= 4 is 11.6 Å². The second-order valence-electron chi connectivity index (χ2n) is 5.35. The lowest BCUT2D eigenvalue weighted by molar-refractivity contribution is 0.131. The van der Waals surface area contributed by atoms with Crippen molar-refractivity contribution in [1.82, 2.24) is 9.80 Å². The van der Waals surface area contributed by atoms with Crippen molar-refractivity contribution in [2.24, 2.45) is 0 Å². The maximum Gasteiger partial charge on any atom is 0.125 e. The quantitative estimate of drug-likeness (QED) is 0.902. The molecule has 0 aromatic heterocycles. The van der Waals surface area contributed by atoms with E-state index < -0.39 is 6.10 Å². The minimum absolute atomic E-state index is 0.577. The van der Waals surface area contributed by atoms with Gasteiger partial charge in [-0.25, -0.2) is 0 Å². The van der Waals surface area contributed by atoms with E-state index in [1.54, 1.807) is 19.1 Å². The fourth-order valence-corrected chi connectivity index (χ4v) is 2.51. The molecule has 0 amide bonds. The van der Waals surface area contributed by atoms with Gasteiger partial charge in [0.25, 0.3) is 0 Å². The van der Waals surface area contributed by atoms with E-state index in [-0.39, 0.29) is 0 Å². The zero-order chi connectivity index (χ0) is 14.5. The second-order valence-corrected chi connectivity index (χ2v) is 5.79. The molecule has 1 aromatic rings. The van der Waals surface area contributed by atoms with Crippen molar-refractivity contribution in [3.05, 3.63) is 28.8 Å². The van der Waals surface area contributed by atoms with Crippen LogP contribution in [-0.2, 0) is 0 Å². The standard InChI is InChI=1S/C15H23ClN2O2/c1-12(19)14-11-13(16)3-4-15(14)20-10-9-18-7-5-17(2)6-8-18/h3-4,11-12,19H,5-10H2,1-2H3/t12-/m1/s1. The van der Waals surface area contributed by atoms with Crippen LogP contribution in [0.5, 0.6) is 5.75 Å². The van der Waals surface area contributed by atoms with Crippen LogP contribution < -0.4 is 4.74 Å². The number of piperazine rings is 1. The van der Waals surface area contributed by atoms with Crippen LogP contribution in [0.25, 0.3) is 0 Å². The van der Waals surface area contributed by atoms with Gasteiger partial charge in [-0.1, -0.05) is 11.6 Å². The van der Waals surface area contributed by atoms with Gasteiger partial charge in [0.1, 0.15) is 12.4 Å². The summed E-state index contributed by atoms with van der Waals surface area (Å²) in [6, 6.07) is 5.38. The van der Waals surface area contributed by atoms with E-state index in [0.717, 1.165) is 44.0 Å². The third-order valence-corrected chi connectivity index (χ3v) is 3.92. The minimum atomic E-state index is -0.577. The summed E-state index contributed by atoms with van der Waals surface area (Å²) in [5.74, 6) is 0.721. The maximum atomic E-state index is 9.75. The molecule has 1 heterocycles. The Labute approximate surface area is 125 Å². The molecule has 2 rings (SSSR count). The van der Waals surface area contributed by atoms with Gasteiger partial charge in [-0.05, 0) is 32.2 Å². The van der Waals surface area contributed by atoms with Crippen LogP contribution in [0.15, 0.2) is 18.2 Å². The molecule has 0 aliphatic carbocycles. The summed E-state index contributed by atoms with van der Waals surface area (Å²) < 4.78 is 5.81. The molecule has 1 aliphatic heterocycles. The first-order valence-electron chi connectivity index (χ1n) is 7.07. The Hall–Kier alpha value is -0.810. The highest BCUT2D eigenvalue weighted by Crippen LogP contribution is 2.28. The molecule has 0 radical (unpaired) electrons. The minimum Gasteiger partial charge on any atom is -0.492 e. The van der Waals surface area contributed by atoms with E-state index >= 15 is 0 Å². The average Bonchev–Trinajstić information content (AvgIpc) is 2.42. The number of likely N-dealkylation sites (N-methyl/N-ethyl adjacent to an activating group) is 1. The Kier molecular flexibility index (Phi) is 5.66. The molecule has 4 nitrogen and oxygen atoms in total. The van der Waals surface area contributed by atoms with Gasteiger partial charge in [0.05, 0.1) is 6.10 Å². The zero-order valence-corrected chi connectivity index (χ0v) is 12.9. The first kappa shape index (κ1) is 15.6. The maximum absolute atomic E-state index is 9.75. The highest BCUT2D eigenvalue weighted by atomic mass is 35.5. The number of nitrogens with zero attached hydrogens (tertiary/aromatic N) is 2. The van der Waals surface area contributed by atoms with Crippen molar-refractivity contribution in [1.29, 1.82) is 0 Å². The van der Waals surface area contributed by atoms with Crippen LogP contribution in [0, 0.1) is 0 Å².